The highest BCUT2D eigenvalue weighted by Gasteiger charge is 2.24. The summed E-state index contributed by atoms with van der Waals surface area (Å²) in [6.45, 7) is 0.468. The van der Waals surface area contributed by atoms with Gasteiger partial charge in [0.15, 0.2) is 0 Å². The fraction of sp³-hybridized carbons (Fsp3) is 0.214. The van der Waals surface area contributed by atoms with Gasteiger partial charge >= 0.3 is 0 Å². The van der Waals surface area contributed by atoms with Crippen molar-refractivity contribution in [2.24, 2.45) is 10.7 Å². The highest BCUT2D eigenvalue weighted by atomic mass is 16.5. The van der Waals surface area contributed by atoms with E-state index in [0.717, 1.165) is 22.1 Å². The Morgan fingerprint density at radius 2 is 2.11 bits per heavy atom. The zero-order valence-corrected chi connectivity index (χ0v) is 10.1. The molecule has 0 fully saturated rings. The van der Waals surface area contributed by atoms with Gasteiger partial charge in [-0.25, -0.2) is 4.99 Å². The first-order valence-electron chi connectivity index (χ1n) is 5.81. The number of fused-ring (bicyclic) bond motifs is 1. The third-order valence-corrected chi connectivity index (χ3v) is 3.16. The summed E-state index contributed by atoms with van der Waals surface area (Å²) < 4.78 is 10.7. The van der Waals surface area contributed by atoms with E-state index < -0.39 is 0 Å². The van der Waals surface area contributed by atoms with E-state index in [1.807, 2.05) is 24.3 Å². The van der Waals surface area contributed by atoms with Crippen molar-refractivity contribution in [3.8, 4) is 5.75 Å². The minimum absolute atomic E-state index is 0.0916. The summed E-state index contributed by atoms with van der Waals surface area (Å²) in [5.74, 6) is 0.820. The summed E-state index contributed by atoms with van der Waals surface area (Å²) in [7, 11) is 1.66. The van der Waals surface area contributed by atoms with Crippen LogP contribution in [0.25, 0.3) is 10.8 Å². The fourth-order valence-corrected chi connectivity index (χ4v) is 2.34. The molecule has 92 valence electrons. The quantitative estimate of drug-likeness (QED) is 0.878. The average molecular weight is 242 g/mol. The molecule has 2 aromatic carbocycles. The first-order valence-corrected chi connectivity index (χ1v) is 5.81. The molecule has 1 atom stereocenters. The van der Waals surface area contributed by atoms with E-state index >= 15 is 0 Å². The second-order valence-electron chi connectivity index (χ2n) is 4.20. The number of hydrogen-bond donors (Lipinski definition) is 1. The third-order valence-electron chi connectivity index (χ3n) is 3.16. The Bertz CT molecular complexity index is 622. The molecule has 2 aromatic rings. The predicted octanol–water partition coefficient (Wildman–Crippen LogP) is 2.23. The maximum Gasteiger partial charge on any atom is 0.282 e. The van der Waals surface area contributed by atoms with Crippen molar-refractivity contribution in [2.45, 2.75) is 6.04 Å². The zero-order chi connectivity index (χ0) is 12.5. The molecular weight excluding hydrogens is 228 g/mol. The molecule has 1 aliphatic rings. The van der Waals surface area contributed by atoms with Crippen LogP contribution in [0.1, 0.15) is 11.6 Å². The minimum Gasteiger partial charge on any atom is -0.496 e. The molecule has 0 saturated carbocycles. The molecule has 1 unspecified atom stereocenters. The fourth-order valence-electron chi connectivity index (χ4n) is 2.34. The average Bonchev–Trinajstić information content (AvgIpc) is 2.83. The van der Waals surface area contributed by atoms with E-state index in [1.54, 1.807) is 7.11 Å². The van der Waals surface area contributed by atoms with Crippen molar-refractivity contribution in [1.82, 2.24) is 0 Å². The summed E-state index contributed by atoms with van der Waals surface area (Å²) >= 11 is 0. The smallest absolute Gasteiger partial charge is 0.282 e. The molecule has 0 bridgehead atoms. The Morgan fingerprint density at radius 1 is 1.28 bits per heavy atom. The summed E-state index contributed by atoms with van der Waals surface area (Å²) in [6.07, 6.45) is 0. The van der Waals surface area contributed by atoms with Gasteiger partial charge in [-0.15, -0.1) is 0 Å². The molecule has 0 radical (unpaired) electrons. The lowest BCUT2D eigenvalue weighted by molar-refractivity contribution is 0.311. The topological polar surface area (TPSA) is 56.8 Å². The number of aliphatic imine (C=N–C) groups is 1. The maximum absolute atomic E-state index is 5.59. The van der Waals surface area contributed by atoms with Gasteiger partial charge in [0.25, 0.3) is 6.02 Å². The molecule has 0 amide bonds. The number of amidine groups is 1. The first kappa shape index (κ1) is 10.9. The Balaban J connectivity index is 2.24. The van der Waals surface area contributed by atoms with Gasteiger partial charge in [-0.05, 0) is 16.8 Å². The Hall–Kier alpha value is -2.23. The summed E-state index contributed by atoms with van der Waals surface area (Å²) in [4.78, 5) is 4.31. The van der Waals surface area contributed by atoms with Crippen molar-refractivity contribution in [3.63, 3.8) is 0 Å². The van der Waals surface area contributed by atoms with Crippen molar-refractivity contribution in [2.75, 3.05) is 13.7 Å². The number of rotatable bonds is 2. The third kappa shape index (κ3) is 1.66. The molecule has 2 N–H and O–H groups in total. The van der Waals surface area contributed by atoms with Crippen LogP contribution in [-0.4, -0.2) is 19.7 Å². The van der Waals surface area contributed by atoms with E-state index in [4.69, 9.17) is 15.2 Å². The number of ether oxygens (including phenoxy) is 2. The van der Waals surface area contributed by atoms with Crippen LogP contribution in [0.3, 0.4) is 0 Å². The Labute approximate surface area is 105 Å². The zero-order valence-electron chi connectivity index (χ0n) is 10.1. The molecule has 0 aromatic heterocycles. The van der Waals surface area contributed by atoms with Crippen molar-refractivity contribution >= 4 is 16.8 Å². The van der Waals surface area contributed by atoms with Crippen molar-refractivity contribution in [1.29, 1.82) is 0 Å². The predicted molar refractivity (Wildman–Crippen MR) is 70.8 cm³/mol. The number of nitrogens with zero attached hydrogens (tertiary/aromatic N) is 1. The van der Waals surface area contributed by atoms with Gasteiger partial charge in [0.05, 0.1) is 7.11 Å². The van der Waals surface area contributed by atoms with Gasteiger partial charge in [-0.2, -0.15) is 0 Å². The van der Waals surface area contributed by atoms with Crippen LogP contribution in [0.4, 0.5) is 0 Å². The number of nitrogens with two attached hydrogens (primary N) is 1. The van der Waals surface area contributed by atoms with Crippen LogP contribution in [0.5, 0.6) is 5.75 Å². The minimum atomic E-state index is -0.0916. The van der Waals surface area contributed by atoms with Gasteiger partial charge in [0, 0.05) is 5.56 Å². The normalized spacial score (nSPS) is 18.5. The van der Waals surface area contributed by atoms with Gasteiger partial charge in [-0.1, -0.05) is 30.3 Å². The van der Waals surface area contributed by atoms with Crippen molar-refractivity contribution < 1.29 is 9.47 Å². The van der Waals surface area contributed by atoms with Crippen molar-refractivity contribution in [3.05, 3.63) is 42.0 Å². The molecule has 0 saturated heterocycles. The van der Waals surface area contributed by atoms with Gasteiger partial charge < -0.3 is 15.2 Å². The van der Waals surface area contributed by atoms with Gasteiger partial charge in [0.2, 0.25) is 0 Å². The van der Waals surface area contributed by atoms with Crippen LogP contribution in [0.15, 0.2) is 41.4 Å². The number of methoxy groups -OCH3 is 1. The van der Waals surface area contributed by atoms with E-state index in [-0.39, 0.29) is 12.1 Å². The molecule has 4 heteroatoms. The molecule has 1 aliphatic heterocycles. The lowest BCUT2D eigenvalue weighted by atomic mass is 9.98. The Kier molecular flexibility index (Phi) is 2.55. The summed E-state index contributed by atoms with van der Waals surface area (Å²) in [5.41, 5.74) is 6.62. The molecule has 1 heterocycles. The summed E-state index contributed by atoms with van der Waals surface area (Å²) in [5, 5.41) is 2.29. The highest BCUT2D eigenvalue weighted by Crippen LogP contribution is 2.36. The SMILES string of the molecule is COc1ccc2ccccc2c1C1COC(N)=N1. The summed E-state index contributed by atoms with van der Waals surface area (Å²) in [6, 6.07) is 12.3. The second-order valence-corrected chi connectivity index (χ2v) is 4.20. The number of benzene rings is 2. The van der Waals surface area contributed by atoms with Crippen LogP contribution in [-0.2, 0) is 4.74 Å². The monoisotopic (exact) mass is 242 g/mol. The molecule has 0 aliphatic carbocycles. The second kappa shape index (κ2) is 4.22. The van der Waals surface area contributed by atoms with Crippen LogP contribution < -0.4 is 10.5 Å². The lowest BCUT2D eigenvalue weighted by Gasteiger charge is -2.14. The first-order chi connectivity index (χ1) is 8.79. The van der Waals surface area contributed by atoms with Crippen LogP contribution in [0, 0.1) is 0 Å². The lowest BCUT2D eigenvalue weighted by Crippen LogP contribution is -2.10. The van der Waals surface area contributed by atoms with Gasteiger partial charge in [-0.3, -0.25) is 0 Å². The van der Waals surface area contributed by atoms with E-state index in [9.17, 15) is 0 Å². The van der Waals surface area contributed by atoms with Gasteiger partial charge in [0.1, 0.15) is 18.4 Å². The molecule has 18 heavy (non-hydrogen) atoms. The molecule has 3 rings (SSSR count). The van der Waals surface area contributed by atoms with Crippen LogP contribution in [0.2, 0.25) is 0 Å². The number of hydrogen-bond acceptors (Lipinski definition) is 4. The molecule has 0 spiro atoms. The molecular formula is C14H14N2O2. The molecule has 4 nitrogen and oxygen atoms in total. The highest BCUT2D eigenvalue weighted by molar-refractivity contribution is 5.89. The van der Waals surface area contributed by atoms with E-state index in [0.29, 0.717) is 6.61 Å². The maximum atomic E-state index is 5.59. The van der Waals surface area contributed by atoms with E-state index in [1.165, 1.54) is 0 Å². The van der Waals surface area contributed by atoms with Crippen LogP contribution >= 0.6 is 0 Å². The largest absolute Gasteiger partial charge is 0.496 e. The standard InChI is InChI=1S/C14H14N2O2/c1-17-12-7-6-9-4-2-3-5-10(9)13(12)11-8-18-14(15)16-11/h2-7,11H,8H2,1H3,(H2,15,16). The Morgan fingerprint density at radius 3 is 2.83 bits per heavy atom. The van der Waals surface area contributed by atoms with E-state index in [2.05, 4.69) is 17.1 Å².